The average Bonchev–Trinajstić information content (AvgIpc) is 3.03. The van der Waals surface area contributed by atoms with Crippen molar-refractivity contribution in [3.63, 3.8) is 0 Å². The van der Waals surface area contributed by atoms with Crippen LogP contribution in [0.3, 0.4) is 0 Å². The Labute approximate surface area is 167 Å². The molecule has 1 saturated heterocycles. The zero-order valence-electron chi connectivity index (χ0n) is 15.2. The molecule has 1 fully saturated rings. The van der Waals surface area contributed by atoms with Crippen LogP contribution in [0.15, 0.2) is 11.2 Å². The van der Waals surface area contributed by atoms with Crippen LogP contribution in [0, 0.1) is 0 Å². The van der Waals surface area contributed by atoms with Gasteiger partial charge in [0, 0.05) is 50.2 Å². The van der Waals surface area contributed by atoms with E-state index in [1.807, 2.05) is 24.6 Å². The van der Waals surface area contributed by atoms with E-state index in [4.69, 9.17) is 0 Å². The second-order valence-corrected chi connectivity index (χ2v) is 7.33. The molecule has 0 saturated carbocycles. The van der Waals surface area contributed by atoms with Crippen molar-refractivity contribution in [1.29, 1.82) is 0 Å². The Bertz CT molecular complexity index is 491. The maximum absolute atomic E-state index is 4.45. The number of hydrogen-bond donors (Lipinski definition) is 2. The normalized spacial score (nSPS) is 19.0. The van der Waals surface area contributed by atoms with Crippen molar-refractivity contribution in [2.75, 3.05) is 33.2 Å². The molecule has 5 nitrogen and oxygen atoms in total. The van der Waals surface area contributed by atoms with E-state index < -0.39 is 0 Å². The molecule has 0 amide bonds. The van der Waals surface area contributed by atoms with Gasteiger partial charge in [0.2, 0.25) is 0 Å². The molecule has 1 aliphatic heterocycles. The van der Waals surface area contributed by atoms with Crippen LogP contribution in [0.2, 0.25) is 0 Å². The summed E-state index contributed by atoms with van der Waals surface area (Å²) in [6.45, 7) is 8.65. The lowest BCUT2D eigenvalue weighted by atomic mass is 10.0. The van der Waals surface area contributed by atoms with Crippen molar-refractivity contribution in [2.45, 2.75) is 52.0 Å². The van der Waals surface area contributed by atoms with Gasteiger partial charge in [-0.25, -0.2) is 4.98 Å². The van der Waals surface area contributed by atoms with Crippen LogP contribution in [0.1, 0.15) is 43.0 Å². The summed E-state index contributed by atoms with van der Waals surface area (Å²) in [5, 5.41) is 8.00. The summed E-state index contributed by atoms with van der Waals surface area (Å²) in [5.41, 5.74) is 0. The molecule has 24 heavy (non-hydrogen) atoms. The van der Waals surface area contributed by atoms with Gasteiger partial charge in [-0.05, 0) is 32.7 Å². The first-order valence-electron chi connectivity index (χ1n) is 8.85. The minimum absolute atomic E-state index is 0. The van der Waals surface area contributed by atoms with E-state index in [2.05, 4.69) is 39.4 Å². The van der Waals surface area contributed by atoms with Gasteiger partial charge in [0.25, 0.3) is 0 Å². The number of aromatic nitrogens is 1. The molecule has 0 bridgehead atoms. The van der Waals surface area contributed by atoms with Gasteiger partial charge in [0.15, 0.2) is 5.96 Å². The molecule has 2 N–H and O–H groups in total. The van der Waals surface area contributed by atoms with Crippen LogP contribution in [0.25, 0.3) is 0 Å². The molecule has 1 aromatic rings. The van der Waals surface area contributed by atoms with Crippen molar-refractivity contribution in [3.8, 4) is 0 Å². The first-order chi connectivity index (χ1) is 11.2. The molecule has 2 heterocycles. The first kappa shape index (κ1) is 21.6. The van der Waals surface area contributed by atoms with E-state index in [9.17, 15) is 0 Å². The van der Waals surface area contributed by atoms with Gasteiger partial charge in [-0.15, -0.1) is 35.3 Å². The number of nitrogens with zero attached hydrogens (tertiary/aromatic N) is 3. The Balaban J connectivity index is 0.00000288. The largest absolute Gasteiger partial charge is 0.356 e. The molecule has 1 atom stereocenters. The van der Waals surface area contributed by atoms with Crippen LogP contribution in [0.4, 0.5) is 0 Å². The Kier molecular flexibility index (Phi) is 10.8. The van der Waals surface area contributed by atoms with Gasteiger partial charge >= 0.3 is 0 Å². The minimum atomic E-state index is 0. The van der Waals surface area contributed by atoms with Gasteiger partial charge in [0.1, 0.15) is 0 Å². The van der Waals surface area contributed by atoms with Crippen LogP contribution in [0.5, 0.6) is 0 Å². The average molecular weight is 465 g/mol. The zero-order valence-corrected chi connectivity index (χ0v) is 18.3. The highest BCUT2D eigenvalue weighted by Gasteiger charge is 2.17. The third-order valence-electron chi connectivity index (χ3n) is 4.44. The fraction of sp³-hybridized carbons (Fsp3) is 0.765. The fourth-order valence-electron chi connectivity index (χ4n) is 2.94. The van der Waals surface area contributed by atoms with E-state index in [1.165, 1.54) is 35.7 Å². The molecule has 1 unspecified atom stereocenters. The minimum Gasteiger partial charge on any atom is -0.356 e. The van der Waals surface area contributed by atoms with Crippen molar-refractivity contribution in [2.24, 2.45) is 4.99 Å². The van der Waals surface area contributed by atoms with Crippen molar-refractivity contribution < 1.29 is 0 Å². The Hall–Kier alpha value is -0.410. The molecule has 0 radical (unpaired) electrons. The highest BCUT2D eigenvalue weighted by Crippen LogP contribution is 2.15. The zero-order chi connectivity index (χ0) is 16.5. The van der Waals surface area contributed by atoms with Crippen molar-refractivity contribution in [3.05, 3.63) is 16.1 Å². The highest BCUT2D eigenvalue weighted by atomic mass is 127. The van der Waals surface area contributed by atoms with E-state index in [1.54, 1.807) is 0 Å². The predicted octanol–water partition coefficient (Wildman–Crippen LogP) is 2.91. The first-order valence-corrected chi connectivity index (χ1v) is 9.66. The summed E-state index contributed by atoms with van der Waals surface area (Å²) in [6.07, 6.45) is 8.07. The lowest BCUT2D eigenvalue weighted by molar-refractivity contribution is 0.163. The monoisotopic (exact) mass is 465 g/mol. The lowest BCUT2D eigenvalue weighted by Gasteiger charge is -2.33. The fourth-order valence-corrected chi connectivity index (χ4v) is 3.81. The molecular formula is C17H32IN5S. The molecule has 1 aromatic heterocycles. The van der Waals surface area contributed by atoms with Crippen LogP contribution in [-0.4, -0.2) is 55.1 Å². The summed E-state index contributed by atoms with van der Waals surface area (Å²) in [7, 11) is 1.83. The maximum atomic E-state index is 4.45. The molecule has 2 rings (SSSR count). The molecule has 0 spiro atoms. The van der Waals surface area contributed by atoms with E-state index in [0.29, 0.717) is 0 Å². The molecule has 0 aromatic carbocycles. The van der Waals surface area contributed by atoms with Gasteiger partial charge in [-0.3, -0.25) is 9.89 Å². The van der Waals surface area contributed by atoms with Gasteiger partial charge in [-0.2, -0.15) is 0 Å². The van der Waals surface area contributed by atoms with Crippen molar-refractivity contribution in [1.82, 2.24) is 20.5 Å². The molecule has 0 aliphatic carbocycles. The predicted molar refractivity (Wildman–Crippen MR) is 115 cm³/mol. The lowest BCUT2D eigenvalue weighted by Crippen LogP contribution is -2.45. The van der Waals surface area contributed by atoms with Gasteiger partial charge in [-0.1, -0.05) is 13.3 Å². The third-order valence-corrected chi connectivity index (χ3v) is 5.64. The Morgan fingerprint density at radius 3 is 2.83 bits per heavy atom. The summed E-state index contributed by atoms with van der Waals surface area (Å²) in [6, 6.07) is 0.721. The SMILES string of the molecule is CCc1cnc(CCNC(=NC)NCCN2CCCCC2C)s1.I. The summed E-state index contributed by atoms with van der Waals surface area (Å²) < 4.78 is 0. The molecule has 7 heteroatoms. The summed E-state index contributed by atoms with van der Waals surface area (Å²) in [5.74, 6) is 0.891. The summed E-state index contributed by atoms with van der Waals surface area (Å²) in [4.78, 5) is 12.7. The second kappa shape index (κ2) is 12.0. The molecular weight excluding hydrogens is 433 g/mol. The number of aryl methyl sites for hydroxylation is 1. The quantitative estimate of drug-likeness (QED) is 0.370. The number of nitrogens with one attached hydrogen (secondary N) is 2. The van der Waals surface area contributed by atoms with Crippen LogP contribution >= 0.6 is 35.3 Å². The Morgan fingerprint density at radius 2 is 2.17 bits per heavy atom. The smallest absolute Gasteiger partial charge is 0.191 e. The number of piperidine rings is 1. The van der Waals surface area contributed by atoms with Crippen LogP contribution in [-0.2, 0) is 12.8 Å². The maximum Gasteiger partial charge on any atom is 0.191 e. The van der Waals surface area contributed by atoms with E-state index >= 15 is 0 Å². The number of likely N-dealkylation sites (tertiary alicyclic amines) is 1. The Morgan fingerprint density at radius 1 is 1.38 bits per heavy atom. The topological polar surface area (TPSA) is 52.6 Å². The number of thiazole rings is 1. The van der Waals surface area contributed by atoms with E-state index in [0.717, 1.165) is 44.5 Å². The number of aliphatic imine (C=N–C) groups is 1. The molecule has 1 aliphatic rings. The number of halogens is 1. The van der Waals surface area contributed by atoms with Crippen molar-refractivity contribution >= 4 is 41.3 Å². The van der Waals surface area contributed by atoms with Crippen LogP contribution < -0.4 is 10.6 Å². The highest BCUT2D eigenvalue weighted by molar-refractivity contribution is 14.0. The number of rotatable bonds is 7. The van der Waals surface area contributed by atoms with Gasteiger partial charge < -0.3 is 10.6 Å². The second-order valence-electron chi connectivity index (χ2n) is 6.13. The number of guanidine groups is 1. The summed E-state index contributed by atoms with van der Waals surface area (Å²) >= 11 is 1.81. The van der Waals surface area contributed by atoms with Gasteiger partial charge in [0.05, 0.1) is 5.01 Å². The third kappa shape index (κ3) is 7.23. The molecule has 138 valence electrons. The van der Waals surface area contributed by atoms with E-state index in [-0.39, 0.29) is 24.0 Å². The standard InChI is InChI=1S/C17H31N5S.HI/c1-4-15-13-21-16(23-15)8-9-19-17(18-3)20-10-12-22-11-6-5-7-14(22)2;/h13-14H,4-12H2,1-3H3,(H2,18,19,20);1H. The number of hydrogen-bond acceptors (Lipinski definition) is 4.